The lowest BCUT2D eigenvalue weighted by molar-refractivity contribution is -0.0494. The Balaban J connectivity index is 1.29. The van der Waals surface area contributed by atoms with Gasteiger partial charge < -0.3 is 20.1 Å². The summed E-state index contributed by atoms with van der Waals surface area (Å²) in [5.74, 6) is -0.291. The van der Waals surface area contributed by atoms with E-state index < -0.39 is 22.7 Å². The molecule has 6 rings (SSSR count). The predicted octanol–water partition coefficient (Wildman–Crippen LogP) is 2.11. The third-order valence-electron chi connectivity index (χ3n) is 7.62. The van der Waals surface area contributed by atoms with Crippen molar-refractivity contribution in [3.8, 4) is 17.0 Å². The number of piperazine rings is 1. The number of aromatic nitrogens is 7. The van der Waals surface area contributed by atoms with E-state index >= 15 is 0 Å². The molecule has 0 radical (unpaired) electrons. The Bertz CT molecular complexity index is 1900. The number of benzene rings is 1. The number of aliphatic hydroxyl groups excluding tert-OH is 1. The number of aryl methyl sites for hydroxylation is 1. The van der Waals surface area contributed by atoms with Crippen molar-refractivity contribution in [3.05, 3.63) is 67.0 Å². The summed E-state index contributed by atoms with van der Waals surface area (Å²) >= 11 is 0. The molecule has 2 N–H and O–H groups in total. The largest absolute Gasteiger partial charge is 0.434 e. The second-order valence-corrected chi connectivity index (χ2v) is 12.7. The highest BCUT2D eigenvalue weighted by atomic mass is 32.2. The van der Waals surface area contributed by atoms with Gasteiger partial charge >= 0.3 is 6.61 Å². The molecule has 4 aromatic heterocycles. The Morgan fingerprint density at radius 1 is 1.04 bits per heavy atom. The van der Waals surface area contributed by atoms with Crippen molar-refractivity contribution in [2.24, 2.45) is 7.05 Å². The number of alkyl halides is 2. The van der Waals surface area contributed by atoms with E-state index in [2.05, 4.69) is 42.4 Å². The van der Waals surface area contributed by atoms with Crippen LogP contribution in [0.5, 0.6) is 5.75 Å². The number of aliphatic hydroxyl groups is 1. The summed E-state index contributed by atoms with van der Waals surface area (Å²) in [6.45, 7) is 1.85. The molecule has 1 atom stereocenters. The molecule has 5 heterocycles. The van der Waals surface area contributed by atoms with Gasteiger partial charge in [0.1, 0.15) is 16.3 Å². The second-order valence-electron chi connectivity index (χ2n) is 10.7. The van der Waals surface area contributed by atoms with Gasteiger partial charge in [0.15, 0.2) is 11.9 Å². The van der Waals surface area contributed by atoms with Crippen LogP contribution >= 0.6 is 0 Å². The molecule has 238 valence electrons. The number of sulfone groups is 1. The number of nitrogens with one attached hydrogen (secondary N) is 1. The lowest BCUT2D eigenvalue weighted by Crippen LogP contribution is -2.45. The van der Waals surface area contributed by atoms with Crippen molar-refractivity contribution >= 4 is 21.2 Å². The first-order valence-electron chi connectivity index (χ1n) is 14.1. The first-order valence-corrected chi connectivity index (χ1v) is 15.6. The molecule has 1 unspecified atom stereocenters. The van der Waals surface area contributed by atoms with Crippen molar-refractivity contribution < 1.29 is 27.0 Å². The van der Waals surface area contributed by atoms with E-state index in [1.165, 1.54) is 46.1 Å². The molecule has 0 saturated carbocycles. The first kappa shape index (κ1) is 30.6. The predicted molar refractivity (Wildman–Crippen MR) is 158 cm³/mol. The molecule has 0 amide bonds. The van der Waals surface area contributed by atoms with E-state index in [0.717, 1.165) is 38.8 Å². The number of halogens is 2. The Morgan fingerprint density at radius 3 is 2.62 bits per heavy atom. The van der Waals surface area contributed by atoms with Crippen LogP contribution in [0.3, 0.4) is 0 Å². The fourth-order valence-corrected chi connectivity index (χ4v) is 6.41. The Morgan fingerprint density at radius 2 is 1.84 bits per heavy atom. The fraction of sp³-hybridized carbons (Fsp3) is 0.357. The van der Waals surface area contributed by atoms with Gasteiger partial charge in [0.2, 0.25) is 9.84 Å². The summed E-state index contributed by atoms with van der Waals surface area (Å²) in [4.78, 5) is 8.59. The molecule has 1 fully saturated rings. The normalized spacial score (nSPS) is 15.6. The minimum absolute atomic E-state index is 0.0212. The first-order chi connectivity index (χ1) is 21.6. The number of hydrogen-bond acceptors (Lipinski definition) is 11. The molecule has 1 aliphatic rings. The Kier molecular flexibility index (Phi) is 8.50. The maximum absolute atomic E-state index is 13.7. The lowest BCUT2D eigenvalue weighted by atomic mass is 10.1. The third kappa shape index (κ3) is 6.51. The summed E-state index contributed by atoms with van der Waals surface area (Å²) in [5.41, 5.74) is 1.05. The molecular formula is C28H32F2N10O4S. The molecule has 5 aromatic rings. The quantitative estimate of drug-likeness (QED) is 0.204. The zero-order chi connectivity index (χ0) is 31.7. The number of rotatable bonds is 11. The lowest BCUT2D eigenvalue weighted by Gasteiger charge is -2.32. The van der Waals surface area contributed by atoms with Crippen LogP contribution < -0.4 is 10.1 Å². The van der Waals surface area contributed by atoms with Gasteiger partial charge in [-0.25, -0.2) is 17.9 Å². The minimum Gasteiger partial charge on any atom is -0.434 e. The highest BCUT2D eigenvalue weighted by Gasteiger charge is 2.26. The highest BCUT2D eigenvalue weighted by Crippen LogP contribution is 2.38. The van der Waals surface area contributed by atoms with Crippen LogP contribution in [-0.2, 0) is 23.4 Å². The van der Waals surface area contributed by atoms with Gasteiger partial charge in [0.25, 0.3) is 0 Å². The van der Waals surface area contributed by atoms with Crippen molar-refractivity contribution in [1.82, 2.24) is 44.0 Å². The van der Waals surface area contributed by atoms with Gasteiger partial charge in [0.05, 0.1) is 35.1 Å². The smallest absolute Gasteiger partial charge is 0.387 e. The average Bonchev–Trinajstić information content (AvgIpc) is 3.75. The Hall–Kier alpha value is -4.45. The van der Waals surface area contributed by atoms with E-state index in [0.29, 0.717) is 17.8 Å². The maximum atomic E-state index is 13.7. The van der Waals surface area contributed by atoms with Crippen LogP contribution in [0.1, 0.15) is 11.8 Å². The molecule has 1 aliphatic heterocycles. The van der Waals surface area contributed by atoms with E-state index in [-0.39, 0.29) is 32.5 Å². The van der Waals surface area contributed by atoms with Gasteiger partial charge in [-0.05, 0) is 31.3 Å². The van der Waals surface area contributed by atoms with Crippen molar-refractivity contribution in [3.63, 3.8) is 0 Å². The topological polar surface area (TPSA) is 148 Å². The number of nitrogens with zero attached hydrogens (tertiary/aromatic N) is 9. The molecule has 0 aliphatic carbocycles. The number of anilines is 1. The number of likely N-dealkylation sites (N-methyl/N-ethyl adjacent to an activating group) is 1. The number of ether oxygens (including phenoxy) is 1. The fourth-order valence-electron chi connectivity index (χ4n) is 5.17. The summed E-state index contributed by atoms with van der Waals surface area (Å²) in [6.07, 6.45) is 7.61. The van der Waals surface area contributed by atoms with E-state index in [1.54, 1.807) is 30.2 Å². The van der Waals surface area contributed by atoms with Gasteiger partial charge in [-0.1, -0.05) is 0 Å². The van der Waals surface area contributed by atoms with E-state index in [4.69, 9.17) is 4.74 Å². The molecule has 17 heteroatoms. The van der Waals surface area contributed by atoms with Crippen LogP contribution in [-0.4, -0.2) is 104 Å². The van der Waals surface area contributed by atoms with Crippen molar-refractivity contribution in [2.75, 3.05) is 45.1 Å². The molecule has 1 saturated heterocycles. The number of fused-ring (bicyclic) bond motifs is 1. The Labute approximate surface area is 257 Å². The summed E-state index contributed by atoms with van der Waals surface area (Å²) in [5, 5.41) is 26.7. The molecule has 0 spiro atoms. The zero-order valence-electron chi connectivity index (χ0n) is 24.5. The van der Waals surface area contributed by atoms with Crippen LogP contribution in [0, 0.1) is 0 Å². The summed E-state index contributed by atoms with van der Waals surface area (Å²) in [6, 6.07) is 5.28. The SMILES string of the molecule is CN1CCN(CCn2cc(S(=O)(=O)c3ccc(OC(F)F)c(-c4nn(C)cc4NC(O)c4cnn5cccnc45)c3)cn2)CC1. The molecule has 0 bridgehead atoms. The maximum Gasteiger partial charge on any atom is 0.387 e. The van der Waals surface area contributed by atoms with Gasteiger partial charge in [0, 0.05) is 70.1 Å². The molecule has 14 nitrogen and oxygen atoms in total. The number of hydrogen-bond donors (Lipinski definition) is 2. The summed E-state index contributed by atoms with van der Waals surface area (Å²) in [7, 11) is -0.425. The minimum atomic E-state index is -4.10. The highest BCUT2D eigenvalue weighted by molar-refractivity contribution is 7.91. The second kappa shape index (κ2) is 12.5. The molecule has 45 heavy (non-hydrogen) atoms. The average molecular weight is 643 g/mol. The van der Waals surface area contributed by atoms with Crippen molar-refractivity contribution in [1.29, 1.82) is 0 Å². The van der Waals surface area contributed by atoms with Crippen LogP contribution in [0.2, 0.25) is 0 Å². The van der Waals surface area contributed by atoms with Gasteiger partial charge in [-0.3, -0.25) is 14.3 Å². The summed E-state index contributed by atoms with van der Waals surface area (Å²) < 4.78 is 63.5. The standard InChI is InChI=1S/C28H32F2N10O4S/c1-36-8-10-38(11-9-36)12-13-39-17-20(15-32-39)45(42,43)19-4-5-24(44-28(29)30)21(14-19)25-23(18-37(2)35-25)34-27(41)22-16-33-40-7-3-6-31-26(22)40/h3-7,14-18,27-28,34,41H,8-13H2,1-2H3. The van der Waals surface area contributed by atoms with Crippen LogP contribution in [0.4, 0.5) is 14.5 Å². The third-order valence-corrected chi connectivity index (χ3v) is 9.32. The van der Waals surface area contributed by atoms with E-state index in [9.17, 15) is 22.3 Å². The zero-order valence-corrected chi connectivity index (χ0v) is 25.3. The van der Waals surface area contributed by atoms with Crippen molar-refractivity contribution in [2.45, 2.75) is 29.2 Å². The van der Waals surface area contributed by atoms with Crippen LogP contribution in [0.15, 0.2) is 71.2 Å². The molecular weight excluding hydrogens is 610 g/mol. The van der Waals surface area contributed by atoms with Gasteiger partial charge in [-0.15, -0.1) is 0 Å². The monoisotopic (exact) mass is 642 g/mol. The molecule has 1 aromatic carbocycles. The van der Waals surface area contributed by atoms with Gasteiger partial charge in [-0.2, -0.15) is 24.1 Å². The van der Waals surface area contributed by atoms with Crippen LogP contribution in [0.25, 0.3) is 16.9 Å². The van der Waals surface area contributed by atoms with E-state index in [1.807, 2.05) is 0 Å².